The number of fused-ring (bicyclic) bond motifs is 1. The summed E-state index contributed by atoms with van der Waals surface area (Å²) in [6.07, 6.45) is 4.12. The molecule has 3 heterocycles. The molecule has 2 amide bonds. The Balaban J connectivity index is 1.34. The Morgan fingerprint density at radius 2 is 1.81 bits per heavy atom. The van der Waals surface area contributed by atoms with Crippen molar-refractivity contribution in [2.24, 2.45) is 0 Å². The standard InChI is InChI=1S/C19H22N4O3S/c24-19(21-17-2-1-16-5-12-27(25,26)18(16)13-17)23-10-8-22(9-11-23)14-15-3-6-20-7-4-15/h1-4,6-7,13H,5,8-12,14H2,(H,21,24). The lowest BCUT2D eigenvalue weighted by Crippen LogP contribution is -2.49. The summed E-state index contributed by atoms with van der Waals surface area (Å²) in [6.45, 7) is 3.73. The number of benzene rings is 1. The topological polar surface area (TPSA) is 82.6 Å². The van der Waals surface area contributed by atoms with E-state index in [-0.39, 0.29) is 11.8 Å². The van der Waals surface area contributed by atoms with E-state index in [1.165, 1.54) is 5.56 Å². The minimum absolute atomic E-state index is 0.152. The molecule has 0 unspecified atom stereocenters. The highest BCUT2D eigenvalue weighted by Crippen LogP contribution is 2.28. The zero-order valence-corrected chi connectivity index (χ0v) is 15.8. The van der Waals surface area contributed by atoms with Gasteiger partial charge in [0, 0.05) is 50.8 Å². The maximum absolute atomic E-state index is 12.5. The van der Waals surface area contributed by atoms with Gasteiger partial charge >= 0.3 is 6.03 Å². The molecule has 2 aromatic rings. The van der Waals surface area contributed by atoms with Gasteiger partial charge in [-0.05, 0) is 41.8 Å². The second-order valence-corrected chi connectivity index (χ2v) is 9.02. The fourth-order valence-corrected chi connectivity index (χ4v) is 5.13. The number of aryl methyl sites for hydroxylation is 1. The molecule has 2 aliphatic rings. The van der Waals surface area contributed by atoms with Gasteiger partial charge in [0.1, 0.15) is 0 Å². The number of pyridine rings is 1. The van der Waals surface area contributed by atoms with Crippen molar-refractivity contribution in [3.63, 3.8) is 0 Å². The third kappa shape index (κ3) is 3.96. The molecule has 0 radical (unpaired) electrons. The zero-order chi connectivity index (χ0) is 18.9. The first-order valence-corrected chi connectivity index (χ1v) is 10.7. The van der Waals surface area contributed by atoms with Gasteiger partial charge in [-0.2, -0.15) is 0 Å². The molecule has 0 bridgehead atoms. The van der Waals surface area contributed by atoms with Crippen molar-refractivity contribution in [2.75, 3.05) is 37.2 Å². The van der Waals surface area contributed by atoms with E-state index in [4.69, 9.17) is 0 Å². The third-order valence-electron chi connectivity index (χ3n) is 5.11. The molecule has 0 saturated carbocycles. The van der Waals surface area contributed by atoms with Gasteiger partial charge in [-0.15, -0.1) is 0 Å². The second kappa shape index (κ2) is 7.28. The Bertz CT molecular complexity index is 939. The molecule has 1 aromatic heterocycles. The monoisotopic (exact) mass is 386 g/mol. The van der Waals surface area contributed by atoms with Gasteiger partial charge in [-0.25, -0.2) is 13.2 Å². The van der Waals surface area contributed by atoms with Crippen LogP contribution in [0.2, 0.25) is 0 Å². The third-order valence-corrected chi connectivity index (χ3v) is 6.90. The van der Waals surface area contributed by atoms with E-state index in [1.54, 1.807) is 35.5 Å². The number of nitrogens with one attached hydrogen (secondary N) is 1. The van der Waals surface area contributed by atoms with Crippen molar-refractivity contribution in [3.05, 3.63) is 53.9 Å². The van der Waals surface area contributed by atoms with Gasteiger partial charge in [0.05, 0.1) is 10.6 Å². The molecule has 0 aliphatic carbocycles. The van der Waals surface area contributed by atoms with Crippen molar-refractivity contribution in [1.82, 2.24) is 14.8 Å². The molecule has 8 heteroatoms. The van der Waals surface area contributed by atoms with Crippen LogP contribution in [0, 0.1) is 0 Å². The fraction of sp³-hybridized carbons (Fsp3) is 0.368. The van der Waals surface area contributed by atoms with Crippen LogP contribution in [0.5, 0.6) is 0 Å². The predicted octanol–water partition coefficient (Wildman–Crippen LogP) is 1.76. The van der Waals surface area contributed by atoms with Gasteiger partial charge < -0.3 is 10.2 Å². The van der Waals surface area contributed by atoms with Crippen molar-refractivity contribution in [3.8, 4) is 0 Å². The SMILES string of the molecule is O=C(Nc1ccc2c(c1)S(=O)(=O)CC2)N1CCN(Cc2ccncc2)CC1. The maximum Gasteiger partial charge on any atom is 0.321 e. The van der Waals surface area contributed by atoms with E-state index in [2.05, 4.69) is 15.2 Å². The summed E-state index contributed by atoms with van der Waals surface area (Å²) < 4.78 is 24.1. The van der Waals surface area contributed by atoms with Gasteiger partial charge in [0.25, 0.3) is 0 Å². The summed E-state index contributed by atoms with van der Waals surface area (Å²) in [7, 11) is -3.20. The van der Waals surface area contributed by atoms with E-state index in [0.29, 0.717) is 30.1 Å². The number of sulfone groups is 1. The number of rotatable bonds is 3. The number of nitrogens with zero attached hydrogens (tertiary/aromatic N) is 3. The summed E-state index contributed by atoms with van der Waals surface area (Å²) in [6, 6.07) is 8.96. The van der Waals surface area contributed by atoms with Crippen LogP contribution < -0.4 is 5.32 Å². The number of aromatic nitrogens is 1. The molecule has 142 valence electrons. The maximum atomic E-state index is 12.5. The lowest BCUT2D eigenvalue weighted by molar-refractivity contribution is 0.143. The minimum Gasteiger partial charge on any atom is -0.322 e. The quantitative estimate of drug-likeness (QED) is 0.869. The molecule has 0 atom stereocenters. The number of piperazine rings is 1. The Hall–Kier alpha value is -2.45. The van der Waals surface area contributed by atoms with E-state index in [0.717, 1.165) is 25.2 Å². The van der Waals surface area contributed by atoms with Crippen LogP contribution >= 0.6 is 0 Å². The number of carbonyl (C=O) groups excluding carboxylic acids is 1. The van der Waals surface area contributed by atoms with Crippen molar-refractivity contribution in [2.45, 2.75) is 17.9 Å². The van der Waals surface area contributed by atoms with Crippen LogP contribution in [0.25, 0.3) is 0 Å². The molecular weight excluding hydrogens is 364 g/mol. The first-order chi connectivity index (χ1) is 13.0. The largest absolute Gasteiger partial charge is 0.322 e. The van der Waals surface area contributed by atoms with E-state index < -0.39 is 9.84 Å². The first kappa shape index (κ1) is 17.9. The van der Waals surface area contributed by atoms with Crippen molar-refractivity contribution in [1.29, 1.82) is 0 Å². The van der Waals surface area contributed by atoms with Crippen molar-refractivity contribution < 1.29 is 13.2 Å². The van der Waals surface area contributed by atoms with Gasteiger partial charge in [0.2, 0.25) is 0 Å². The van der Waals surface area contributed by atoms with Crippen LogP contribution in [0.1, 0.15) is 11.1 Å². The molecule has 1 N–H and O–H groups in total. The lowest BCUT2D eigenvalue weighted by Gasteiger charge is -2.34. The Morgan fingerprint density at radius 1 is 1.07 bits per heavy atom. The van der Waals surface area contributed by atoms with Crippen LogP contribution in [-0.4, -0.2) is 61.2 Å². The summed E-state index contributed by atoms with van der Waals surface area (Å²) in [5.41, 5.74) is 2.57. The number of urea groups is 1. The highest BCUT2D eigenvalue weighted by molar-refractivity contribution is 7.91. The Kier molecular flexibility index (Phi) is 4.84. The molecule has 1 aromatic carbocycles. The molecule has 27 heavy (non-hydrogen) atoms. The fourth-order valence-electron chi connectivity index (χ4n) is 3.54. The molecule has 1 saturated heterocycles. The number of hydrogen-bond donors (Lipinski definition) is 1. The van der Waals surface area contributed by atoms with Crippen LogP contribution in [0.3, 0.4) is 0 Å². The van der Waals surface area contributed by atoms with Gasteiger partial charge in [-0.3, -0.25) is 9.88 Å². The van der Waals surface area contributed by atoms with E-state index in [9.17, 15) is 13.2 Å². The average Bonchev–Trinajstić information content (AvgIpc) is 2.98. The normalized spacial score (nSPS) is 18.9. The molecule has 7 nitrogen and oxygen atoms in total. The number of hydrogen-bond acceptors (Lipinski definition) is 5. The second-order valence-electron chi connectivity index (χ2n) is 6.94. The molecule has 1 fully saturated rings. The average molecular weight is 386 g/mol. The first-order valence-electron chi connectivity index (χ1n) is 9.04. The molecular formula is C19H22N4O3S. The van der Waals surface area contributed by atoms with Crippen LogP contribution in [0.4, 0.5) is 10.5 Å². The molecule has 2 aliphatic heterocycles. The van der Waals surface area contributed by atoms with E-state index in [1.807, 2.05) is 12.1 Å². The van der Waals surface area contributed by atoms with E-state index >= 15 is 0 Å². The van der Waals surface area contributed by atoms with Crippen LogP contribution in [-0.2, 0) is 22.8 Å². The zero-order valence-electron chi connectivity index (χ0n) is 15.0. The van der Waals surface area contributed by atoms with Crippen molar-refractivity contribution >= 4 is 21.6 Å². The smallest absolute Gasteiger partial charge is 0.321 e. The highest BCUT2D eigenvalue weighted by Gasteiger charge is 2.27. The number of amides is 2. The van der Waals surface area contributed by atoms with Gasteiger partial charge in [-0.1, -0.05) is 6.07 Å². The number of carbonyl (C=O) groups is 1. The molecule has 4 rings (SSSR count). The summed E-state index contributed by atoms with van der Waals surface area (Å²) in [5, 5.41) is 2.84. The molecule has 0 spiro atoms. The summed E-state index contributed by atoms with van der Waals surface area (Å²) in [5.74, 6) is 0.152. The lowest BCUT2D eigenvalue weighted by atomic mass is 10.1. The Morgan fingerprint density at radius 3 is 2.56 bits per heavy atom. The van der Waals surface area contributed by atoms with Crippen LogP contribution in [0.15, 0.2) is 47.6 Å². The predicted molar refractivity (Wildman–Crippen MR) is 102 cm³/mol. The Labute approximate surface area is 158 Å². The summed E-state index contributed by atoms with van der Waals surface area (Å²) >= 11 is 0. The van der Waals surface area contributed by atoms with Gasteiger partial charge in [0.15, 0.2) is 9.84 Å². The number of anilines is 1. The summed E-state index contributed by atoms with van der Waals surface area (Å²) in [4.78, 5) is 21.0. The highest BCUT2D eigenvalue weighted by atomic mass is 32.2. The minimum atomic E-state index is -3.20.